The summed E-state index contributed by atoms with van der Waals surface area (Å²) in [6, 6.07) is 13.2. The molecule has 0 bridgehead atoms. The first-order valence-corrected chi connectivity index (χ1v) is 12.7. The molecule has 0 aliphatic heterocycles. The lowest BCUT2D eigenvalue weighted by atomic mass is 10.2. The van der Waals surface area contributed by atoms with Gasteiger partial charge in [0.25, 0.3) is 0 Å². The first-order chi connectivity index (χ1) is 17.7. The van der Waals surface area contributed by atoms with Gasteiger partial charge in [-0.25, -0.2) is 5.43 Å². The Hall–Kier alpha value is -2.98. The van der Waals surface area contributed by atoms with Crippen molar-refractivity contribution in [3.8, 4) is 17.2 Å². The number of methoxy groups -OCH3 is 1. The van der Waals surface area contributed by atoms with E-state index in [0.717, 1.165) is 5.56 Å². The predicted octanol–water partition coefficient (Wildman–Crippen LogP) is 6.48. The van der Waals surface area contributed by atoms with Gasteiger partial charge in [-0.3, -0.25) is 9.59 Å². The second-order valence-corrected chi connectivity index (χ2v) is 9.42. The van der Waals surface area contributed by atoms with Crippen LogP contribution in [0.2, 0.25) is 15.1 Å². The number of amides is 2. The lowest BCUT2D eigenvalue weighted by molar-refractivity contribution is -0.136. The van der Waals surface area contributed by atoms with Crippen LogP contribution in [0.1, 0.15) is 18.1 Å². The maximum atomic E-state index is 12.2. The van der Waals surface area contributed by atoms with Crippen molar-refractivity contribution in [1.29, 1.82) is 0 Å². The van der Waals surface area contributed by atoms with E-state index in [1.54, 1.807) is 42.5 Å². The molecule has 12 heteroatoms. The molecule has 2 amide bonds. The van der Waals surface area contributed by atoms with Crippen molar-refractivity contribution in [1.82, 2.24) is 5.43 Å². The zero-order chi connectivity index (χ0) is 26.9. The number of hydrogen-bond donors (Lipinski definition) is 2. The van der Waals surface area contributed by atoms with Crippen molar-refractivity contribution in [2.75, 3.05) is 19.0 Å². The van der Waals surface area contributed by atoms with Gasteiger partial charge < -0.3 is 19.5 Å². The molecule has 0 saturated carbocycles. The van der Waals surface area contributed by atoms with Crippen molar-refractivity contribution in [2.24, 2.45) is 5.10 Å². The summed E-state index contributed by atoms with van der Waals surface area (Å²) in [4.78, 5) is 24.4. The molecule has 2 N–H and O–H groups in total. The van der Waals surface area contributed by atoms with Crippen molar-refractivity contribution in [3.63, 3.8) is 0 Å². The number of nitrogens with zero attached hydrogens (tertiary/aromatic N) is 1. The van der Waals surface area contributed by atoms with Gasteiger partial charge in [0.15, 0.2) is 11.5 Å². The summed E-state index contributed by atoms with van der Waals surface area (Å²) in [6.07, 6.45) is 1.36. The number of rotatable bonds is 9. The Balaban J connectivity index is 1.68. The number of nitrogens with one attached hydrogen (secondary N) is 2. The number of carbonyl (C=O) groups excluding carboxylic acids is 2. The molecule has 0 heterocycles. The molecule has 0 fully saturated rings. The number of hydrazone groups is 1. The largest absolute Gasteiger partial charge is 0.495 e. The third kappa shape index (κ3) is 8.00. The lowest BCUT2D eigenvalue weighted by Gasteiger charge is -2.15. The van der Waals surface area contributed by atoms with Crippen LogP contribution in [0, 0.1) is 0 Å². The van der Waals surface area contributed by atoms with Crippen molar-refractivity contribution in [2.45, 2.75) is 13.5 Å². The minimum atomic E-state index is -0.984. The van der Waals surface area contributed by atoms with E-state index in [4.69, 9.17) is 49.0 Å². The van der Waals surface area contributed by atoms with Crippen LogP contribution in [0.15, 0.2) is 58.1 Å². The lowest BCUT2D eigenvalue weighted by Crippen LogP contribution is -2.32. The third-order valence-corrected chi connectivity index (χ3v) is 6.13. The molecule has 0 saturated heterocycles. The molecule has 0 atom stereocenters. The van der Waals surface area contributed by atoms with Gasteiger partial charge >= 0.3 is 11.8 Å². The molecule has 194 valence electrons. The Kier molecular flexibility index (Phi) is 10.5. The molecule has 0 aliphatic carbocycles. The second kappa shape index (κ2) is 13.5. The van der Waals surface area contributed by atoms with E-state index in [0.29, 0.717) is 49.0 Å². The highest BCUT2D eigenvalue weighted by atomic mass is 79.9. The number of anilines is 1. The van der Waals surface area contributed by atoms with Gasteiger partial charge in [-0.15, -0.1) is 0 Å². The van der Waals surface area contributed by atoms with Crippen molar-refractivity contribution < 1.29 is 23.8 Å². The summed E-state index contributed by atoms with van der Waals surface area (Å²) < 4.78 is 17.4. The summed E-state index contributed by atoms with van der Waals surface area (Å²) in [5.41, 5.74) is 3.75. The fraction of sp³-hybridized carbons (Fsp3) is 0.160. The molecule has 0 spiro atoms. The van der Waals surface area contributed by atoms with E-state index < -0.39 is 11.8 Å². The van der Waals surface area contributed by atoms with Crippen molar-refractivity contribution >= 4 is 74.4 Å². The fourth-order valence-corrected chi connectivity index (χ4v) is 4.24. The van der Waals surface area contributed by atoms with E-state index in [1.807, 2.05) is 6.92 Å². The molecule has 0 aromatic heterocycles. The number of carbonyl (C=O) groups is 2. The third-order valence-electron chi connectivity index (χ3n) is 4.71. The maximum absolute atomic E-state index is 12.2. The Bertz CT molecular complexity index is 1340. The standard InChI is InChI=1S/C25H21BrCl3N3O5/c1-3-36-22-9-14(8-18(26)23(22)37-13-15-4-5-16(27)10-19(15)29)12-30-32-25(34)24(33)31-20-11-17(28)6-7-21(20)35-2/h4-12H,3,13H2,1-2H3,(H,31,33)(H,32,34). The van der Waals surface area contributed by atoms with Crippen LogP contribution in [0.3, 0.4) is 0 Å². The molecular formula is C25H21BrCl3N3O5. The van der Waals surface area contributed by atoms with Crippen LogP contribution >= 0.6 is 50.7 Å². The first-order valence-electron chi connectivity index (χ1n) is 10.7. The Labute approximate surface area is 237 Å². The normalized spacial score (nSPS) is 10.8. The number of ether oxygens (including phenoxy) is 3. The van der Waals surface area contributed by atoms with Crippen molar-refractivity contribution in [3.05, 3.63) is 79.2 Å². The Morgan fingerprint density at radius 1 is 0.973 bits per heavy atom. The molecular weight excluding hydrogens is 609 g/mol. The van der Waals surface area contributed by atoms with Gasteiger partial charge in [0.1, 0.15) is 12.4 Å². The molecule has 3 rings (SSSR count). The topological polar surface area (TPSA) is 98.2 Å². The van der Waals surface area contributed by atoms with Crippen LogP contribution in [-0.4, -0.2) is 31.7 Å². The van der Waals surface area contributed by atoms with E-state index >= 15 is 0 Å². The number of halogens is 4. The van der Waals surface area contributed by atoms with E-state index in [9.17, 15) is 9.59 Å². The number of hydrogen-bond acceptors (Lipinski definition) is 6. The molecule has 0 aliphatic rings. The molecule has 3 aromatic carbocycles. The smallest absolute Gasteiger partial charge is 0.329 e. The Morgan fingerprint density at radius 2 is 1.70 bits per heavy atom. The first kappa shape index (κ1) is 28.6. The Morgan fingerprint density at radius 3 is 2.41 bits per heavy atom. The zero-order valence-corrected chi connectivity index (χ0v) is 23.5. The number of benzene rings is 3. The average Bonchev–Trinajstić information content (AvgIpc) is 2.85. The summed E-state index contributed by atoms with van der Waals surface area (Å²) in [5, 5.41) is 7.68. The van der Waals surface area contributed by atoms with Gasteiger partial charge in [0, 0.05) is 20.6 Å². The maximum Gasteiger partial charge on any atom is 0.329 e. The highest BCUT2D eigenvalue weighted by molar-refractivity contribution is 9.10. The fourth-order valence-electron chi connectivity index (χ4n) is 3.03. The van der Waals surface area contributed by atoms with E-state index in [1.165, 1.54) is 19.4 Å². The SMILES string of the molecule is CCOc1cc(C=NNC(=O)C(=O)Nc2cc(Cl)ccc2OC)cc(Br)c1OCc1ccc(Cl)cc1Cl. The van der Waals surface area contributed by atoms with Crippen LogP contribution in [0.5, 0.6) is 17.2 Å². The summed E-state index contributed by atoms with van der Waals surface area (Å²) in [5.74, 6) is -0.673. The van der Waals surface area contributed by atoms with Gasteiger partial charge in [-0.2, -0.15) is 5.10 Å². The zero-order valence-electron chi connectivity index (χ0n) is 19.6. The van der Waals surface area contributed by atoms with Gasteiger partial charge in [-0.05, 0) is 70.9 Å². The molecule has 8 nitrogen and oxygen atoms in total. The van der Waals surface area contributed by atoms with Gasteiger partial charge in [0.05, 0.1) is 30.1 Å². The van der Waals surface area contributed by atoms with Crippen LogP contribution in [-0.2, 0) is 16.2 Å². The van der Waals surface area contributed by atoms with E-state index in [2.05, 4.69) is 31.8 Å². The predicted molar refractivity (Wildman–Crippen MR) is 148 cm³/mol. The summed E-state index contributed by atoms with van der Waals surface area (Å²) in [6.45, 7) is 2.40. The van der Waals surface area contributed by atoms with Gasteiger partial charge in [0.2, 0.25) is 0 Å². The average molecular weight is 630 g/mol. The second-order valence-electron chi connectivity index (χ2n) is 7.29. The van der Waals surface area contributed by atoms with Crippen LogP contribution < -0.4 is 25.0 Å². The molecule has 37 heavy (non-hydrogen) atoms. The van der Waals surface area contributed by atoms with Crippen LogP contribution in [0.4, 0.5) is 5.69 Å². The highest BCUT2D eigenvalue weighted by Crippen LogP contribution is 2.37. The minimum Gasteiger partial charge on any atom is -0.495 e. The molecule has 3 aromatic rings. The minimum absolute atomic E-state index is 0.185. The highest BCUT2D eigenvalue weighted by Gasteiger charge is 2.16. The molecule has 0 radical (unpaired) electrons. The van der Waals surface area contributed by atoms with Crippen LogP contribution in [0.25, 0.3) is 0 Å². The quantitative estimate of drug-likeness (QED) is 0.160. The summed E-state index contributed by atoms with van der Waals surface area (Å²) >= 11 is 21.6. The summed E-state index contributed by atoms with van der Waals surface area (Å²) in [7, 11) is 1.43. The van der Waals surface area contributed by atoms with Gasteiger partial charge in [-0.1, -0.05) is 40.9 Å². The monoisotopic (exact) mass is 627 g/mol. The van der Waals surface area contributed by atoms with E-state index in [-0.39, 0.29) is 12.3 Å². The molecule has 0 unspecified atom stereocenters.